The molecule has 1 rings (SSSR count). The van der Waals surface area contributed by atoms with Crippen molar-refractivity contribution in [3.8, 4) is 5.75 Å². The van der Waals surface area contributed by atoms with Crippen molar-refractivity contribution >= 4 is 17.5 Å². The molecule has 21 heavy (non-hydrogen) atoms. The summed E-state index contributed by atoms with van der Waals surface area (Å²) >= 11 is 0. The summed E-state index contributed by atoms with van der Waals surface area (Å²) in [5, 5.41) is 2.76. The molecule has 5 heteroatoms. The summed E-state index contributed by atoms with van der Waals surface area (Å²) in [6.45, 7) is 2.15. The lowest BCUT2D eigenvalue weighted by atomic mass is 10.2. The molecule has 0 radical (unpaired) electrons. The number of rotatable bonds is 8. The van der Waals surface area contributed by atoms with E-state index in [4.69, 9.17) is 4.74 Å². The highest BCUT2D eigenvalue weighted by atomic mass is 16.5. The smallest absolute Gasteiger partial charge is 0.243 e. The average molecular weight is 292 g/mol. The molecule has 0 spiro atoms. The quantitative estimate of drug-likeness (QED) is 0.749. The van der Waals surface area contributed by atoms with Crippen molar-refractivity contribution in [3.63, 3.8) is 0 Å². The van der Waals surface area contributed by atoms with Crippen molar-refractivity contribution < 1.29 is 14.3 Å². The molecule has 1 aromatic carbocycles. The third-order valence-corrected chi connectivity index (χ3v) is 3.15. The zero-order valence-corrected chi connectivity index (χ0v) is 13.0. The van der Waals surface area contributed by atoms with Crippen molar-refractivity contribution in [3.05, 3.63) is 24.3 Å². The van der Waals surface area contributed by atoms with Crippen LogP contribution in [0.3, 0.4) is 0 Å². The Morgan fingerprint density at radius 3 is 2.71 bits per heavy atom. The zero-order valence-electron chi connectivity index (χ0n) is 13.0. The third kappa shape index (κ3) is 6.29. The molecule has 0 bridgehead atoms. The van der Waals surface area contributed by atoms with Gasteiger partial charge in [0.15, 0.2) is 0 Å². The molecule has 1 N–H and O–H groups in total. The highest BCUT2D eigenvalue weighted by molar-refractivity contribution is 5.94. The number of anilines is 1. The molecule has 5 nitrogen and oxygen atoms in total. The molecular formula is C16H24N2O3. The Hall–Kier alpha value is -2.04. The number of methoxy groups -OCH3 is 1. The number of unbranched alkanes of at least 4 members (excludes halogenated alkanes) is 2. The van der Waals surface area contributed by atoms with E-state index in [0.717, 1.165) is 19.3 Å². The van der Waals surface area contributed by atoms with Gasteiger partial charge in [0.1, 0.15) is 5.75 Å². The second-order valence-corrected chi connectivity index (χ2v) is 4.99. The first kappa shape index (κ1) is 17.0. The molecule has 0 aromatic heterocycles. The number of ether oxygens (including phenoxy) is 1. The fourth-order valence-electron chi connectivity index (χ4n) is 1.92. The number of hydrogen-bond donors (Lipinski definition) is 1. The van der Waals surface area contributed by atoms with Crippen molar-refractivity contribution in [1.29, 1.82) is 0 Å². The van der Waals surface area contributed by atoms with Crippen LogP contribution in [0.1, 0.15) is 32.6 Å². The number of nitrogens with one attached hydrogen (secondary N) is 1. The highest BCUT2D eigenvalue weighted by Gasteiger charge is 2.12. The van der Waals surface area contributed by atoms with Gasteiger partial charge in [-0.3, -0.25) is 9.59 Å². The molecule has 0 saturated heterocycles. The van der Waals surface area contributed by atoms with Crippen LogP contribution in [0.4, 0.5) is 5.69 Å². The Bertz CT molecular complexity index is 474. The second kappa shape index (κ2) is 9.00. The van der Waals surface area contributed by atoms with Crippen LogP contribution in [-0.4, -0.2) is 37.4 Å². The molecule has 1 aromatic rings. The van der Waals surface area contributed by atoms with E-state index in [2.05, 4.69) is 12.2 Å². The molecule has 0 atom stereocenters. The van der Waals surface area contributed by atoms with E-state index < -0.39 is 0 Å². The summed E-state index contributed by atoms with van der Waals surface area (Å²) in [7, 11) is 3.23. The van der Waals surface area contributed by atoms with E-state index in [1.165, 1.54) is 4.90 Å². The van der Waals surface area contributed by atoms with Gasteiger partial charge in [0.2, 0.25) is 11.8 Å². The third-order valence-electron chi connectivity index (χ3n) is 3.15. The normalized spacial score (nSPS) is 10.0. The second-order valence-electron chi connectivity index (χ2n) is 4.99. The first-order valence-corrected chi connectivity index (χ1v) is 7.24. The van der Waals surface area contributed by atoms with Crippen LogP contribution in [-0.2, 0) is 9.59 Å². The molecule has 0 aliphatic rings. The van der Waals surface area contributed by atoms with Crippen LogP contribution >= 0.6 is 0 Å². The number of carbonyl (C=O) groups excluding carboxylic acids is 2. The molecule has 0 saturated carbocycles. The van der Waals surface area contributed by atoms with Crippen molar-refractivity contribution in [2.45, 2.75) is 32.6 Å². The maximum absolute atomic E-state index is 11.9. The Morgan fingerprint density at radius 1 is 1.29 bits per heavy atom. The highest BCUT2D eigenvalue weighted by Crippen LogP contribution is 2.16. The van der Waals surface area contributed by atoms with E-state index in [1.54, 1.807) is 38.4 Å². The molecule has 0 fully saturated rings. The van der Waals surface area contributed by atoms with Gasteiger partial charge in [-0.2, -0.15) is 0 Å². The van der Waals surface area contributed by atoms with Gasteiger partial charge in [-0.1, -0.05) is 25.8 Å². The largest absolute Gasteiger partial charge is 0.497 e. The summed E-state index contributed by atoms with van der Waals surface area (Å²) in [6.07, 6.45) is 3.48. The monoisotopic (exact) mass is 292 g/mol. The predicted octanol–water partition coefficient (Wildman–Crippen LogP) is 2.67. The average Bonchev–Trinajstić information content (AvgIpc) is 2.47. The Morgan fingerprint density at radius 2 is 2.05 bits per heavy atom. The van der Waals surface area contributed by atoms with Gasteiger partial charge in [-0.05, 0) is 18.6 Å². The van der Waals surface area contributed by atoms with Crippen molar-refractivity contribution in [2.75, 3.05) is 26.0 Å². The van der Waals surface area contributed by atoms with Gasteiger partial charge < -0.3 is 15.0 Å². The molecular weight excluding hydrogens is 268 g/mol. The van der Waals surface area contributed by atoms with Crippen molar-refractivity contribution in [2.24, 2.45) is 0 Å². The van der Waals surface area contributed by atoms with Crippen LogP contribution in [0.15, 0.2) is 24.3 Å². The minimum atomic E-state index is -0.213. The van der Waals surface area contributed by atoms with Crippen LogP contribution in [0.25, 0.3) is 0 Å². The maximum Gasteiger partial charge on any atom is 0.243 e. The van der Waals surface area contributed by atoms with Gasteiger partial charge in [0.05, 0.1) is 13.7 Å². The zero-order chi connectivity index (χ0) is 15.7. The van der Waals surface area contributed by atoms with Gasteiger partial charge >= 0.3 is 0 Å². The fourth-order valence-corrected chi connectivity index (χ4v) is 1.92. The topological polar surface area (TPSA) is 58.6 Å². The SMILES string of the molecule is CCCCCC(=O)N(C)CC(=O)Nc1cccc(OC)c1. The lowest BCUT2D eigenvalue weighted by Gasteiger charge is -2.17. The number of hydrogen-bond acceptors (Lipinski definition) is 3. The lowest BCUT2D eigenvalue weighted by molar-refractivity contribution is -0.133. The van der Waals surface area contributed by atoms with Crippen LogP contribution in [0.2, 0.25) is 0 Å². The lowest BCUT2D eigenvalue weighted by Crippen LogP contribution is -2.34. The first-order chi connectivity index (χ1) is 10.1. The van der Waals surface area contributed by atoms with Crippen LogP contribution < -0.4 is 10.1 Å². The number of likely N-dealkylation sites (N-methyl/N-ethyl adjacent to an activating group) is 1. The minimum Gasteiger partial charge on any atom is -0.497 e. The summed E-state index contributed by atoms with van der Waals surface area (Å²) in [4.78, 5) is 25.2. The van der Waals surface area contributed by atoms with Gasteiger partial charge in [0, 0.05) is 25.2 Å². The molecule has 116 valence electrons. The number of nitrogens with zero attached hydrogens (tertiary/aromatic N) is 1. The van der Waals surface area contributed by atoms with E-state index in [1.807, 2.05) is 0 Å². The van der Waals surface area contributed by atoms with Crippen LogP contribution in [0, 0.1) is 0 Å². The number of benzene rings is 1. The van der Waals surface area contributed by atoms with E-state index >= 15 is 0 Å². The summed E-state index contributed by atoms with van der Waals surface area (Å²) < 4.78 is 5.09. The van der Waals surface area contributed by atoms with Gasteiger partial charge in [-0.25, -0.2) is 0 Å². The van der Waals surface area contributed by atoms with Gasteiger partial charge in [-0.15, -0.1) is 0 Å². The Labute approximate surface area is 126 Å². The number of amides is 2. The summed E-state index contributed by atoms with van der Waals surface area (Å²) in [5.41, 5.74) is 0.659. The van der Waals surface area contributed by atoms with Crippen molar-refractivity contribution in [1.82, 2.24) is 4.90 Å². The summed E-state index contributed by atoms with van der Waals surface area (Å²) in [5.74, 6) is 0.468. The van der Waals surface area contributed by atoms with E-state index in [-0.39, 0.29) is 18.4 Å². The van der Waals surface area contributed by atoms with Crippen LogP contribution in [0.5, 0.6) is 5.75 Å². The molecule has 0 aliphatic carbocycles. The Balaban J connectivity index is 2.43. The standard InChI is InChI=1S/C16H24N2O3/c1-4-5-6-10-16(20)18(2)12-15(19)17-13-8-7-9-14(11-13)21-3/h7-9,11H,4-6,10,12H2,1-3H3,(H,17,19). The molecule has 0 heterocycles. The Kier molecular flexibility index (Phi) is 7.29. The predicted molar refractivity (Wildman–Crippen MR) is 83.4 cm³/mol. The first-order valence-electron chi connectivity index (χ1n) is 7.24. The fraction of sp³-hybridized carbons (Fsp3) is 0.500. The number of carbonyl (C=O) groups is 2. The molecule has 0 aliphatic heterocycles. The minimum absolute atomic E-state index is 0.00393. The molecule has 2 amide bonds. The van der Waals surface area contributed by atoms with Gasteiger partial charge in [0.25, 0.3) is 0 Å². The van der Waals surface area contributed by atoms with E-state index in [9.17, 15) is 9.59 Å². The van der Waals surface area contributed by atoms with E-state index in [0.29, 0.717) is 17.9 Å². The maximum atomic E-state index is 11.9. The summed E-state index contributed by atoms with van der Waals surface area (Å²) in [6, 6.07) is 7.12. The molecule has 0 unspecified atom stereocenters.